The number of carbonyl (C=O) groups is 2. The van der Waals surface area contributed by atoms with Crippen LogP contribution in [0.2, 0.25) is 0 Å². The van der Waals surface area contributed by atoms with E-state index in [0.29, 0.717) is 41.9 Å². The highest BCUT2D eigenvalue weighted by Crippen LogP contribution is 2.37. The van der Waals surface area contributed by atoms with Crippen molar-refractivity contribution >= 4 is 28.3 Å². The van der Waals surface area contributed by atoms with Crippen LogP contribution in [0, 0.1) is 11.8 Å². The van der Waals surface area contributed by atoms with Gasteiger partial charge in [0.1, 0.15) is 5.01 Å². The summed E-state index contributed by atoms with van der Waals surface area (Å²) in [6, 6.07) is 17.8. The van der Waals surface area contributed by atoms with Crippen LogP contribution in [0.4, 0.5) is 5.13 Å². The second kappa shape index (κ2) is 12.2. The van der Waals surface area contributed by atoms with Gasteiger partial charge in [-0.05, 0) is 66.7 Å². The molecule has 2 amide bonds. The van der Waals surface area contributed by atoms with Gasteiger partial charge in [-0.3, -0.25) is 20.1 Å². The van der Waals surface area contributed by atoms with Crippen molar-refractivity contribution in [2.24, 2.45) is 11.8 Å². The lowest BCUT2D eigenvalue weighted by Crippen LogP contribution is -2.32. The highest BCUT2D eigenvalue weighted by molar-refractivity contribution is 7.15. The minimum atomic E-state index is -0.193. The number of rotatable bonds is 9. The molecule has 1 fully saturated rings. The smallest absolute Gasteiger partial charge is 0.257 e. The predicted molar refractivity (Wildman–Crippen MR) is 141 cm³/mol. The molecule has 7 nitrogen and oxygen atoms in total. The van der Waals surface area contributed by atoms with Gasteiger partial charge < -0.3 is 0 Å². The molecule has 4 rings (SSSR count). The van der Waals surface area contributed by atoms with Crippen LogP contribution in [0.5, 0.6) is 0 Å². The number of hydrogen-bond donors (Lipinski definition) is 2. The van der Waals surface area contributed by atoms with Crippen LogP contribution in [0.1, 0.15) is 78.4 Å². The van der Waals surface area contributed by atoms with E-state index in [9.17, 15) is 14.8 Å². The van der Waals surface area contributed by atoms with E-state index in [2.05, 4.69) is 15.5 Å². The van der Waals surface area contributed by atoms with Crippen LogP contribution in [0.3, 0.4) is 0 Å². The van der Waals surface area contributed by atoms with Gasteiger partial charge in [-0.15, -0.1) is 10.2 Å². The molecule has 1 aromatic heterocycles. The van der Waals surface area contributed by atoms with Gasteiger partial charge in [-0.2, -0.15) is 0 Å². The van der Waals surface area contributed by atoms with Gasteiger partial charge in [0.25, 0.3) is 5.91 Å². The Morgan fingerprint density at radius 2 is 1.72 bits per heavy atom. The normalized spacial score (nSPS) is 17.7. The van der Waals surface area contributed by atoms with Gasteiger partial charge in [0.15, 0.2) is 0 Å². The summed E-state index contributed by atoms with van der Waals surface area (Å²) in [6.07, 6.45) is 5.05. The molecule has 190 valence electrons. The summed E-state index contributed by atoms with van der Waals surface area (Å²) in [5, 5.41) is 23.3. The quantitative estimate of drug-likeness (QED) is 0.277. The van der Waals surface area contributed by atoms with Crippen LogP contribution in [0.15, 0.2) is 54.6 Å². The Labute approximate surface area is 216 Å². The minimum Gasteiger partial charge on any atom is -0.296 e. The van der Waals surface area contributed by atoms with Crippen LogP contribution in [-0.4, -0.2) is 38.8 Å². The third-order valence-electron chi connectivity index (χ3n) is 6.67. The fraction of sp³-hybridized carbons (Fsp3) is 0.429. The fourth-order valence-corrected chi connectivity index (χ4v) is 5.49. The average Bonchev–Trinajstić information content (AvgIpc) is 3.31. The number of amides is 2. The topological polar surface area (TPSA) is 95.4 Å². The monoisotopic (exact) mass is 506 g/mol. The van der Waals surface area contributed by atoms with Crippen LogP contribution in [0.25, 0.3) is 0 Å². The number of carbonyl (C=O) groups excluding carboxylic acids is 2. The van der Waals surface area contributed by atoms with Crippen molar-refractivity contribution in [3.05, 3.63) is 76.3 Å². The maximum atomic E-state index is 12.7. The number of anilines is 1. The van der Waals surface area contributed by atoms with E-state index >= 15 is 0 Å². The molecule has 0 unspecified atom stereocenters. The maximum absolute atomic E-state index is 12.7. The third-order valence-corrected chi connectivity index (χ3v) is 7.50. The summed E-state index contributed by atoms with van der Waals surface area (Å²) in [4.78, 5) is 25.0. The Hall–Kier alpha value is -3.10. The highest BCUT2D eigenvalue weighted by atomic mass is 32.1. The van der Waals surface area contributed by atoms with Gasteiger partial charge in [0.05, 0.1) is 6.54 Å². The van der Waals surface area contributed by atoms with Gasteiger partial charge in [-0.25, -0.2) is 5.06 Å². The van der Waals surface area contributed by atoms with E-state index in [1.54, 1.807) is 0 Å². The van der Waals surface area contributed by atoms with Gasteiger partial charge in [0.2, 0.25) is 11.0 Å². The van der Waals surface area contributed by atoms with Crippen LogP contribution in [-0.2, 0) is 11.2 Å². The Bertz CT molecular complexity index is 1140. The first-order valence-electron chi connectivity index (χ1n) is 12.6. The van der Waals surface area contributed by atoms with Gasteiger partial charge in [0, 0.05) is 18.4 Å². The van der Waals surface area contributed by atoms with Crippen LogP contribution < -0.4 is 5.32 Å². The Morgan fingerprint density at radius 1 is 1.03 bits per heavy atom. The second-order valence-corrected chi connectivity index (χ2v) is 11.1. The summed E-state index contributed by atoms with van der Waals surface area (Å²) >= 11 is 1.39. The van der Waals surface area contributed by atoms with Crippen molar-refractivity contribution in [1.29, 1.82) is 0 Å². The lowest BCUT2D eigenvalue weighted by molar-refractivity contribution is -0.168. The van der Waals surface area contributed by atoms with E-state index in [0.717, 1.165) is 41.3 Å². The minimum absolute atomic E-state index is 0.176. The van der Waals surface area contributed by atoms with Gasteiger partial charge in [-0.1, -0.05) is 67.6 Å². The van der Waals surface area contributed by atoms with Crippen molar-refractivity contribution in [2.45, 2.75) is 58.3 Å². The Kier molecular flexibility index (Phi) is 8.83. The molecule has 2 N–H and O–H groups in total. The first-order valence-corrected chi connectivity index (χ1v) is 13.5. The summed E-state index contributed by atoms with van der Waals surface area (Å²) < 4.78 is 0. The van der Waals surface area contributed by atoms with Crippen molar-refractivity contribution < 1.29 is 14.8 Å². The molecule has 1 saturated carbocycles. The maximum Gasteiger partial charge on any atom is 0.257 e. The molecule has 0 spiro atoms. The van der Waals surface area contributed by atoms with Crippen molar-refractivity contribution in [1.82, 2.24) is 15.3 Å². The zero-order valence-corrected chi connectivity index (χ0v) is 21.7. The van der Waals surface area contributed by atoms with Crippen molar-refractivity contribution in [2.75, 3.05) is 11.9 Å². The summed E-state index contributed by atoms with van der Waals surface area (Å²) in [6.45, 7) is 4.34. The Morgan fingerprint density at radius 3 is 2.39 bits per heavy atom. The van der Waals surface area contributed by atoms with E-state index < -0.39 is 0 Å². The molecular formula is C28H34N4O3S. The zero-order valence-electron chi connectivity index (χ0n) is 20.9. The predicted octanol–water partition coefficient (Wildman–Crippen LogP) is 5.92. The number of hydrogen-bond acceptors (Lipinski definition) is 6. The average molecular weight is 507 g/mol. The lowest BCUT2D eigenvalue weighted by atomic mass is 9.77. The second-order valence-electron chi connectivity index (χ2n) is 10.0. The Balaban J connectivity index is 1.25. The van der Waals surface area contributed by atoms with Crippen LogP contribution >= 0.6 is 11.3 Å². The number of benzene rings is 2. The van der Waals surface area contributed by atoms with E-state index in [1.165, 1.54) is 16.9 Å². The van der Waals surface area contributed by atoms with Crippen molar-refractivity contribution in [3.63, 3.8) is 0 Å². The highest BCUT2D eigenvalue weighted by Gasteiger charge is 2.26. The molecule has 1 heterocycles. The van der Waals surface area contributed by atoms with E-state index in [4.69, 9.17) is 0 Å². The molecule has 0 aliphatic heterocycles. The summed E-state index contributed by atoms with van der Waals surface area (Å²) in [7, 11) is 0. The number of hydroxylamine groups is 2. The largest absolute Gasteiger partial charge is 0.296 e. The summed E-state index contributed by atoms with van der Waals surface area (Å²) in [5.74, 6) is 0.624. The standard InChI is InChI=1S/C28H34N4O3S/c1-19(2)18-32(35)26(33)17-21-8-10-22(11-9-21)23-12-14-24(15-13-23)27(34)29-28-31-30-25(36-28)16-20-6-4-3-5-7-20/h3-7,12-15,19,21-22,35H,8-11,16-18H2,1-2H3,(H,29,31,34). The molecule has 1 aliphatic carbocycles. The first-order chi connectivity index (χ1) is 17.4. The lowest BCUT2D eigenvalue weighted by Gasteiger charge is -2.29. The number of aromatic nitrogens is 2. The number of nitrogens with zero attached hydrogens (tertiary/aromatic N) is 3. The molecule has 2 aromatic carbocycles. The molecule has 36 heavy (non-hydrogen) atoms. The molecule has 3 aromatic rings. The van der Waals surface area contributed by atoms with E-state index in [1.807, 2.05) is 68.4 Å². The molecular weight excluding hydrogens is 472 g/mol. The molecule has 0 atom stereocenters. The van der Waals surface area contributed by atoms with Crippen molar-refractivity contribution in [3.8, 4) is 0 Å². The van der Waals surface area contributed by atoms with E-state index in [-0.39, 0.29) is 17.7 Å². The van der Waals surface area contributed by atoms with Gasteiger partial charge >= 0.3 is 0 Å². The molecule has 8 heteroatoms. The third kappa shape index (κ3) is 7.21. The summed E-state index contributed by atoms with van der Waals surface area (Å²) in [5.41, 5.74) is 2.97. The number of nitrogens with one attached hydrogen (secondary N) is 1. The molecule has 0 saturated heterocycles. The SMILES string of the molecule is CC(C)CN(O)C(=O)CC1CCC(c2ccc(C(=O)Nc3nnc(Cc4ccccc4)s3)cc2)CC1. The molecule has 0 bridgehead atoms. The first kappa shape index (κ1) is 26.0. The fourth-order valence-electron chi connectivity index (χ4n) is 4.72. The molecule has 0 radical (unpaired) electrons. The zero-order chi connectivity index (χ0) is 25.5. The molecule has 1 aliphatic rings.